The SMILES string of the molecule is CC(NC(=O)CN1C(=O)C2CCCCC2C1=O)c1ccc(Cl)s1. The Labute approximate surface area is 144 Å². The number of nitrogens with zero attached hydrogens (tertiary/aromatic N) is 1. The van der Waals surface area contributed by atoms with Gasteiger partial charge in [-0.1, -0.05) is 24.4 Å². The van der Waals surface area contributed by atoms with Gasteiger partial charge in [0.15, 0.2) is 0 Å². The zero-order valence-electron chi connectivity index (χ0n) is 12.9. The van der Waals surface area contributed by atoms with Crippen LogP contribution in [0.15, 0.2) is 12.1 Å². The van der Waals surface area contributed by atoms with Crippen molar-refractivity contribution in [3.63, 3.8) is 0 Å². The molecule has 2 fully saturated rings. The average molecular weight is 355 g/mol. The highest BCUT2D eigenvalue weighted by Crippen LogP contribution is 2.37. The van der Waals surface area contributed by atoms with Gasteiger partial charge in [0.25, 0.3) is 0 Å². The number of amides is 3. The fourth-order valence-corrected chi connectivity index (χ4v) is 4.51. The molecule has 0 spiro atoms. The average Bonchev–Trinajstić information content (AvgIpc) is 3.06. The van der Waals surface area contributed by atoms with E-state index in [-0.39, 0.29) is 42.1 Å². The Bertz CT molecular complexity index is 621. The third-order valence-corrected chi connectivity index (χ3v) is 6.05. The molecule has 0 bridgehead atoms. The summed E-state index contributed by atoms with van der Waals surface area (Å²) in [6.45, 7) is 1.67. The van der Waals surface area contributed by atoms with Gasteiger partial charge in [0.1, 0.15) is 6.54 Å². The van der Waals surface area contributed by atoms with E-state index in [0.717, 1.165) is 35.5 Å². The number of thiophene rings is 1. The zero-order chi connectivity index (χ0) is 16.6. The minimum Gasteiger partial charge on any atom is -0.347 e. The Morgan fingerprint density at radius 3 is 2.43 bits per heavy atom. The molecule has 3 atom stereocenters. The molecule has 1 saturated heterocycles. The van der Waals surface area contributed by atoms with Crippen molar-refractivity contribution >= 4 is 40.7 Å². The summed E-state index contributed by atoms with van der Waals surface area (Å²) in [5.41, 5.74) is 0. The van der Waals surface area contributed by atoms with Crippen LogP contribution < -0.4 is 5.32 Å². The second-order valence-corrected chi connectivity index (χ2v) is 7.94. The van der Waals surface area contributed by atoms with Crippen LogP contribution in [0.5, 0.6) is 0 Å². The lowest BCUT2D eigenvalue weighted by molar-refractivity contribution is -0.143. The van der Waals surface area contributed by atoms with Gasteiger partial charge in [0.05, 0.1) is 22.2 Å². The summed E-state index contributed by atoms with van der Waals surface area (Å²) in [6, 6.07) is 3.44. The molecule has 1 aliphatic heterocycles. The quantitative estimate of drug-likeness (QED) is 0.845. The van der Waals surface area contributed by atoms with Crippen LogP contribution in [0.2, 0.25) is 4.34 Å². The van der Waals surface area contributed by atoms with E-state index in [2.05, 4.69) is 5.32 Å². The molecule has 7 heteroatoms. The van der Waals surface area contributed by atoms with E-state index in [1.807, 2.05) is 13.0 Å². The summed E-state index contributed by atoms with van der Waals surface area (Å²) >= 11 is 7.30. The molecule has 5 nitrogen and oxygen atoms in total. The maximum absolute atomic E-state index is 12.4. The molecule has 3 rings (SSSR count). The molecular formula is C16H19ClN2O3S. The highest BCUT2D eigenvalue weighted by Gasteiger charge is 2.48. The van der Waals surface area contributed by atoms with Crippen molar-refractivity contribution in [3.05, 3.63) is 21.3 Å². The van der Waals surface area contributed by atoms with E-state index in [1.54, 1.807) is 6.07 Å². The minimum absolute atomic E-state index is 0.179. The molecule has 0 radical (unpaired) electrons. The van der Waals surface area contributed by atoms with Crippen LogP contribution in [0.3, 0.4) is 0 Å². The summed E-state index contributed by atoms with van der Waals surface area (Å²) in [5.74, 6) is -1.10. The second-order valence-electron chi connectivity index (χ2n) is 6.19. The number of nitrogens with one attached hydrogen (secondary N) is 1. The maximum Gasteiger partial charge on any atom is 0.240 e. The number of rotatable bonds is 4. The van der Waals surface area contributed by atoms with Crippen molar-refractivity contribution in [1.29, 1.82) is 0 Å². The van der Waals surface area contributed by atoms with Crippen molar-refractivity contribution in [1.82, 2.24) is 10.2 Å². The standard InChI is InChI=1S/C16H19ClN2O3S/c1-9(12-6-7-13(17)23-12)18-14(20)8-19-15(21)10-4-2-3-5-11(10)16(19)22/h6-7,9-11H,2-5,8H2,1H3,(H,18,20). The van der Waals surface area contributed by atoms with Gasteiger partial charge >= 0.3 is 0 Å². The van der Waals surface area contributed by atoms with Gasteiger partial charge in [0.2, 0.25) is 17.7 Å². The second kappa shape index (κ2) is 6.61. The molecule has 2 aliphatic rings. The van der Waals surface area contributed by atoms with Crippen molar-refractivity contribution in [2.45, 2.75) is 38.6 Å². The smallest absolute Gasteiger partial charge is 0.240 e. The molecule has 3 unspecified atom stereocenters. The Morgan fingerprint density at radius 2 is 1.91 bits per heavy atom. The van der Waals surface area contributed by atoms with E-state index in [9.17, 15) is 14.4 Å². The van der Waals surface area contributed by atoms with Crippen LogP contribution in [-0.2, 0) is 14.4 Å². The molecule has 3 amide bonds. The van der Waals surface area contributed by atoms with Gasteiger partial charge in [-0.25, -0.2) is 0 Å². The number of carbonyl (C=O) groups is 3. The molecule has 1 N–H and O–H groups in total. The largest absolute Gasteiger partial charge is 0.347 e. The normalized spacial score (nSPS) is 25.4. The van der Waals surface area contributed by atoms with Crippen molar-refractivity contribution in [2.24, 2.45) is 11.8 Å². The van der Waals surface area contributed by atoms with Crippen molar-refractivity contribution < 1.29 is 14.4 Å². The highest BCUT2D eigenvalue weighted by molar-refractivity contribution is 7.16. The zero-order valence-corrected chi connectivity index (χ0v) is 14.5. The maximum atomic E-state index is 12.4. The van der Waals surface area contributed by atoms with Crippen LogP contribution in [0.4, 0.5) is 0 Å². The Kier molecular flexibility index (Phi) is 4.73. The van der Waals surface area contributed by atoms with Gasteiger partial charge in [0, 0.05) is 4.88 Å². The minimum atomic E-state index is -0.317. The predicted octanol–water partition coefficient (Wildman–Crippen LogP) is 2.75. The molecule has 0 aromatic carbocycles. The summed E-state index contributed by atoms with van der Waals surface area (Å²) in [4.78, 5) is 39.0. The number of hydrogen-bond donors (Lipinski definition) is 1. The van der Waals surface area contributed by atoms with E-state index >= 15 is 0 Å². The van der Waals surface area contributed by atoms with Gasteiger partial charge in [-0.05, 0) is 31.9 Å². The van der Waals surface area contributed by atoms with Crippen LogP contribution in [0.25, 0.3) is 0 Å². The first-order chi connectivity index (χ1) is 11.0. The lowest BCUT2D eigenvalue weighted by atomic mass is 9.81. The topological polar surface area (TPSA) is 66.5 Å². The van der Waals surface area contributed by atoms with Crippen LogP contribution in [0, 0.1) is 11.8 Å². The van der Waals surface area contributed by atoms with Gasteiger partial charge in [-0.2, -0.15) is 0 Å². The van der Waals surface area contributed by atoms with E-state index < -0.39 is 0 Å². The monoisotopic (exact) mass is 354 g/mol. The fourth-order valence-electron chi connectivity index (χ4n) is 3.45. The molecule has 23 heavy (non-hydrogen) atoms. The molecule has 1 aliphatic carbocycles. The summed E-state index contributed by atoms with van der Waals surface area (Å²) in [5, 5.41) is 2.83. The first-order valence-electron chi connectivity index (χ1n) is 7.87. The van der Waals surface area contributed by atoms with Crippen LogP contribution in [0.1, 0.15) is 43.5 Å². The van der Waals surface area contributed by atoms with E-state index in [0.29, 0.717) is 4.34 Å². The summed E-state index contributed by atoms with van der Waals surface area (Å²) in [6.07, 6.45) is 3.49. The summed E-state index contributed by atoms with van der Waals surface area (Å²) in [7, 11) is 0. The van der Waals surface area contributed by atoms with Gasteiger partial charge in [-0.15, -0.1) is 11.3 Å². The lowest BCUT2D eigenvalue weighted by Gasteiger charge is -2.19. The molecular weight excluding hydrogens is 336 g/mol. The third kappa shape index (κ3) is 3.28. The Morgan fingerprint density at radius 1 is 1.30 bits per heavy atom. The fraction of sp³-hybridized carbons (Fsp3) is 0.562. The van der Waals surface area contributed by atoms with Crippen LogP contribution in [-0.4, -0.2) is 29.2 Å². The van der Waals surface area contributed by atoms with Crippen LogP contribution >= 0.6 is 22.9 Å². The molecule has 1 aromatic rings. The predicted molar refractivity (Wildman–Crippen MR) is 88.1 cm³/mol. The van der Waals surface area contributed by atoms with Gasteiger partial charge in [-0.3, -0.25) is 19.3 Å². The molecule has 124 valence electrons. The van der Waals surface area contributed by atoms with E-state index in [4.69, 9.17) is 11.6 Å². The number of likely N-dealkylation sites (tertiary alicyclic amines) is 1. The van der Waals surface area contributed by atoms with E-state index in [1.165, 1.54) is 11.3 Å². The number of imide groups is 1. The number of fused-ring (bicyclic) bond motifs is 1. The Balaban J connectivity index is 1.61. The number of hydrogen-bond acceptors (Lipinski definition) is 4. The Hall–Kier alpha value is -1.40. The first-order valence-corrected chi connectivity index (χ1v) is 9.06. The highest BCUT2D eigenvalue weighted by atomic mass is 35.5. The lowest BCUT2D eigenvalue weighted by Crippen LogP contribution is -2.41. The van der Waals surface area contributed by atoms with Crippen molar-refractivity contribution in [3.8, 4) is 0 Å². The van der Waals surface area contributed by atoms with Gasteiger partial charge < -0.3 is 5.32 Å². The summed E-state index contributed by atoms with van der Waals surface area (Å²) < 4.78 is 0.662. The molecule has 2 heterocycles. The third-order valence-electron chi connectivity index (χ3n) is 4.63. The molecule has 1 saturated carbocycles. The molecule has 1 aromatic heterocycles. The van der Waals surface area contributed by atoms with Crippen molar-refractivity contribution in [2.75, 3.05) is 6.54 Å². The number of halogens is 1. The number of carbonyl (C=O) groups excluding carboxylic acids is 3. The first kappa shape index (κ1) is 16.5.